The van der Waals surface area contributed by atoms with E-state index in [-0.39, 0.29) is 0 Å². The first kappa shape index (κ1) is 8.05. The summed E-state index contributed by atoms with van der Waals surface area (Å²) in [5.41, 5.74) is 1.20. The number of ether oxygens (including phenoxy) is 1. The Kier molecular flexibility index (Phi) is 2.13. The molecule has 1 aliphatic rings. The van der Waals surface area contributed by atoms with Gasteiger partial charge >= 0.3 is 0 Å². The molecular formula is C11H11NO. The second kappa shape index (κ2) is 3.44. The van der Waals surface area contributed by atoms with E-state index in [0.29, 0.717) is 11.8 Å². The highest BCUT2D eigenvalue weighted by Crippen LogP contribution is 2.22. The van der Waals surface area contributed by atoms with Crippen LogP contribution in [0.5, 0.6) is 5.88 Å². The molecule has 0 N–H and O–H groups in total. The molecule has 0 saturated carbocycles. The third kappa shape index (κ3) is 1.61. The van der Waals surface area contributed by atoms with Crippen molar-refractivity contribution in [2.45, 2.75) is 5.92 Å². The molecule has 1 heterocycles. The number of rotatable bonds is 2. The zero-order valence-electron chi connectivity index (χ0n) is 7.47. The predicted molar refractivity (Wildman–Crippen MR) is 51.8 cm³/mol. The molecular weight excluding hydrogens is 162 g/mol. The smallest absolute Gasteiger partial charge is 0.212 e. The second-order valence-electron chi connectivity index (χ2n) is 2.93. The van der Waals surface area contributed by atoms with Crippen molar-refractivity contribution < 1.29 is 4.74 Å². The summed E-state index contributed by atoms with van der Waals surface area (Å²) in [7, 11) is 1.62. The summed E-state index contributed by atoms with van der Waals surface area (Å²) >= 11 is 0. The summed E-state index contributed by atoms with van der Waals surface area (Å²) < 4.78 is 4.98. The Balaban J connectivity index is 2.22. The lowest BCUT2D eigenvalue weighted by atomic mass is 10.0. The SMILES string of the molecule is COc1ccc(C2C=CC=C2)cn1. The lowest BCUT2D eigenvalue weighted by Crippen LogP contribution is -1.92. The van der Waals surface area contributed by atoms with Gasteiger partial charge in [0, 0.05) is 18.2 Å². The molecule has 1 aromatic heterocycles. The summed E-state index contributed by atoms with van der Waals surface area (Å²) in [5, 5.41) is 0. The minimum Gasteiger partial charge on any atom is -0.481 e. The topological polar surface area (TPSA) is 22.1 Å². The fourth-order valence-electron chi connectivity index (χ4n) is 1.36. The van der Waals surface area contributed by atoms with Crippen molar-refractivity contribution in [2.24, 2.45) is 0 Å². The van der Waals surface area contributed by atoms with Gasteiger partial charge in [-0.1, -0.05) is 30.4 Å². The lowest BCUT2D eigenvalue weighted by Gasteiger charge is -2.05. The predicted octanol–water partition coefficient (Wildman–Crippen LogP) is 2.30. The molecule has 0 spiro atoms. The molecule has 0 saturated heterocycles. The first-order valence-corrected chi connectivity index (χ1v) is 4.25. The van der Waals surface area contributed by atoms with Crippen LogP contribution in [0.15, 0.2) is 42.6 Å². The third-order valence-corrected chi connectivity index (χ3v) is 2.10. The van der Waals surface area contributed by atoms with Crippen molar-refractivity contribution in [3.05, 3.63) is 48.2 Å². The minimum atomic E-state index is 0.387. The van der Waals surface area contributed by atoms with E-state index < -0.39 is 0 Å². The summed E-state index contributed by atoms with van der Waals surface area (Å²) in [6.07, 6.45) is 10.2. The van der Waals surface area contributed by atoms with Gasteiger partial charge in [0.2, 0.25) is 5.88 Å². The number of aromatic nitrogens is 1. The van der Waals surface area contributed by atoms with Crippen LogP contribution in [0.1, 0.15) is 11.5 Å². The maximum Gasteiger partial charge on any atom is 0.212 e. The largest absolute Gasteiger partial charge is 0.481 e. The van der Waals surface area contributed by atoms with Crippen molar-refractivity contribution in [1.29, 1.82) is 0 Å². The highest BCUT2D eigenvalue weighted by molar-refractivity contribution is 5.34. The van der Waals surface area contributed by atoms with Gasteiger partial charge in [-0.15, -0.1) is 0 Å². The quantitative estimate of drug-likeness (QED) is 0.684. The molecule has 0 fully saturated rings. The molecule has 2 rings (SSSR count). The van der Waals surface area contributed by atoms with Gasteiger partial charge in [0.1, 0.15) is 0 Å². The fourth-order valence-corrected chi connectivity index (χ4v) is 1.36. The van der Waals surface area contributed by atoms with E-state index in [2.05, 4.69) is 29.3 Å². The second-order valence-corrected chi connectivity index (χ2v) is 2.93. The van der Waals surface area contributed by atoms with E-state index in [1.165, 1.54) is 5.56 Å². The molecule has 2 heteroatoms. The van der Waals surface area contributed by atoms with Gasteiger partial charge in [-0.2, -0.15) is 0 Å². The molecule has 0 unspecified atom stereocenters. The van der Waals surface area contributed by atoms with Gasteiger partial charge < -0.3 is 4.74 Å². The van der Waals surface area contributed by atoms with Gasteiger partial charge in [0.05, 0.1) is 7.11 Å². The summed E-state index contributed by atoms with van der Waals surface area (Å²) in [5.74, 6) is 1.05. The maximum atomic E-state index is 4.98. The average Bonchev–Trinajstić information content (AvgIpc) is 2.71. The first-order chi connectivity index (χ1) is 6.40. The standard InChI is InChI=1S/C11H11NO/c1-13-11-7-6-10(8-12-11)9-4-2-3-5-9/h2-9H,1H3. The van der Waals surface area contributed by atoms with Crippen molar-refractivity contribution in [3.8, 4) is 5.88 Å². The van der Waals surface area contributed by atoms with Crippen LogP contribution >= 0.6 is 0 Å². The van der Waals surface area contributed by atoms with Crippen LogP contribution in [0.2, 0.25) is 0 Å². The molecule has 0 amide bonds. The Morgan fingerprint density at radius 3 is 2.54 bits per heavy atom. The minimum absolute atomic E-state index is 0.387. The zero-order chi connectivity index (χ0) is 9.10. The Bertz CT molecular complexity index is 326. The molecule has 1 aliphatic carbocycles. The van der Waals surface area contributed by atoms with Crippen LogP contribution < -0.4 is 4.74 Å². The normalized spacial score (nSPS) is 15.2. The number of hydrogen-bond acceptors (Lipinski definition) is 2. The van der Waals surface area contributed by atoms with Crippen molar-refractivity contribution >= 4 is 0 Å². The molecule has 0 bridgehead atoms. The Hall–Kier alpha value is -1.57. The number of allylic oxidation sites excluding steroid dienone is 4. The van der Waals surface area contributed by atoms with Gasteiger partial charge in [-0.3, -0.25) is 0 Å². The highest BCUT2D eigenvalue weighted by atomic mass is 16.5. The van der Waals surface area contributed by atoms with Crippen LogP contribution in [-0.4, -0.2) is 12.1 Å². The lowest BCUT2D eigenvalue weighted by molar-refractivity contribution is 0.397. The molecule has 0 aromatic carbocycles. The average molecular weight is 173 g/mol. The van der Waals surface area contributed by atoms with Crippen molar-refractivity contribution in [2.75, 3.05) is 7.11 Å². The monoisotopic (exact) mass is 173 g/mol. The maximum absolute atomic E-state index is 4.98. The van der Waals surface area contributed by atoms with Gasteiger partial charge in [-0.05, 0) is 5.56 Å². The van der Waals surface area contributed by atoms with E-state index >= 15 is 0 Å². The fraction of sp³-hybridized carbons (Fsp3) is 0.182. The first-order valence-electron chi connectivity index (χ1n) is 4.25. The Morgan fingerprint density at radius 2 is 2.00 bits per heavy atom. The zero-order valence-corrected chi connectivity index (χ0v) is 7.47. The number of nitrogens with zero attached hydrogens (tertiary/aromatic N) is 1. The van der Waals surface area contributed by atoms with Crippen LogP contribution in [0.4, 0.5) is 0 Å². The Labute approximate surface area is 77.6 Å². The molecule has 0 aliphatic heterocycles. The highest BCUT2D eigenvalue weighted by Gasteiger charge is 2.06. The van der Waals surface area contributed by atoms with Crippen molar-refractivity contribution in [3.63, 3.8) is 0 Å². The van der Waals surface area contributed by atoms with Crippen molar-refractivity contribution in [1.82, 2.24) is 4.98 Å². The van der Waals surface area contributed by atoms with E-state index in [1.54, 1.807) is 7.11 Å². The summed E-state index contributed by atoms with van der Waals surface area (Å²) in [6.45, 7) is 0. The number of hydrogen-bond donors (Lipinski definition) is 0. The van der Waals surface area contributed by atoms with E-state index in [1.807, 2.05) is 18.3 Å². The number of methoxy groups -OCH3 is 1. The van der Waals surface area contributed by atoms with Crippen LogP contribution in [0.3, 0.4) is 0 Å². The van der Waals surface area contributed by atoms with Gasteiger partial charge in [0.25, 0.3) is 0 Å². The molecule has 13 heavy (non-hydrogen) atoms. The van der Waals surface area contributed by atoms with Crippen LogP contribution in [0, 0.1) is 0 Å². The molecule has 2 nitrogen and oxygen atoms in total. The van der Waals surface area contributed by atoms with E-state index in [4.69, 9.17) is 4.74 Å². The van der Waals surface area contributed by atoms with Gasteiger partial charge in [0.15, 0.2) is 0 Å². The van der Waals surface area contributed by atoms with Gasteiger partial charge in [-0.25, -0.2) is 4.98 Å². The molecule has 0 atom stereocenters. The number of pyridine rings is 1. The molecule has 1 aromatic rings. The molecule has 0 radical (unpaired) electrons. The summed E-state index contributed by atoms with van der Waals surface area (Å²) in [4.78, 5) is 4.15. The van der Waals surface area contributed by atoms with E-state index in [9.17, 15) is 0 Å². The van der Waals surface area contributed by atoms with Crippen LogP contribution in [-0.2, 0) is 0 Å². The van der Waals surface area contributed by atoms with E-state index in [0.717, 1.165) is 0 Å². The Morgan fingerprint density at radius 1 is 1.23 bits per heavy atom. The summed E-state index contributed by atoms with van der Waals surface area (Å²) in [6, 6.07) is 3.92. The molecule has 66 valence electrons. The van der Waals surface area contributed by atoms with Crippen LogP contribution in [0.25, 0.3) is 0 Å². The third-order valence-electron chi connectivity index (χ3n) is 2.10.